The Balaban J connectivity index is 1.91. The predicted octanol–water partition coefficient (Wildman–Crippen LogP) is 5.06. The number of rotatable bonds is 4. The van der Waals surface area contributed by atoms with Crippen molar-refractivity contribution < 1.29 is 19.1 Å². The highest BCUT2D eigenvalue weighted by Gasteiger charge is 2.47. The van der Waals surface area contributed by atoms with E-state index < -0.39 is 23.5 Å². The molecular formula is C23H22N2O4S. The van der Waals surface area contributed by atoms with Crippen LogP contribution in [0.3, 0.4) is 0 Å². The largest absolute Gasteiger partial charge is 0.503 e. The number of carbonyl (C=O) groups is 2. The summed E-state index contributed by atoms with van der Waals surface area (Å²) in [4.78, 5) is 32.8. The Hall–Kier alpha value is -3.19. The summed E-state index contributed by atoms with van der Waals surface area (Å²) in [5.74, 6) is -0.504. The van der Waals surface area contributed by atoms with Gasteiger partial charge in [-0.3, -0.25) is 14.5 Å². The van der Waals surface area contributed by atoms with Gasteiger partial charge in [0.05, 0.1) is 21.2 Å². The number of thiazole rings is 1. The van der Waals surface area contributed by atoms with Crippen LogP contribution in [0.4, 0.5) is 5.69 Å². The lowest BCUT2D eigenvalue weighted by Gasteiger charge is -2.26. The van der Waals surface area contributed by atoms with Gasteiger partial charge in [-0.1, -0.05) is 17.7 Å². The number of aromatic nitrogens is 1. The third-order valence-corrected chi connectivity index (χ3v) is 6.28. The van der Waals surface area contributed by atoms with Gasteiger partial charge in [-0.05, 0) is 58.4 Å². The molecule has 2 aromatic heterocycles. The Bertz CT molecular complexity index is 1220. The summed E-state index contributed by atoms with van der Waals surface area (Å²) >= 11 is 1.25. The Morgan fingerprint density at radius 1 is 1.13 bits per heavy atom. The average molecular weight is 423 g/mol. The highest BCUT2D eigenvalue weighted by molar-refractivity contribution is 7.14. The van der Waals surface area contributed by atoms with Crippen molar-refractivity contribution in [2.75, 3.05) is 4.90 Å². The number of hydrogen-bond donors (Lipinski definition) is 1. The molecule has 3 heterocycles. The monoisotopic (exact) mass is 422 g/mol. The van der Waals surface area contributed by atoms with Crippen LogP contribution in [0.15, 0.2) is 46.1 Å². The van der Waals surface area contributed by atoms with Gasteiger partial charge in [0.25, 0.3) is 5.91 Å². The number of nitrogens with zero attached hydrogens (tertiary/aromatic N) is 2. The number of anilines is 1. The number of amides is 1. The van der Waals surface area contributed by atoms with E-state index in [1.54, 1.807) is 26.0 Å². The van der Waals surface area contributed by atoms with Gasteiger partial charge in [0.2, 0.25) is 5.78 Å². The molecule has 1 unspecified atom stereocenters. The lowest BCUT2D eigenvalue weighted by Crippen LogP contribution is -2.31. The summed E-state index contributed by atoms with van der Waals surface area (Å²) < 4.78 is 5.83. The zero-order chi connectivity index (χ0) is 21.7. The van der Waals surface area contributed by atoms with Crippen LogP contribution in [-0.4, -0.2) is 21.8 Å². The fourth-order valence-corrected chi connectivity index (χ4v) is 4.77. The van der Waals surface area contributed by atoms with Crippen LogP contribution in [0.25, 0.3) is 0 Å². The Labute approximate surface area is 178 Å². The quantitative estimate of drug-likeness (QED) is 0.594. The zero-order valence-corrected chi connectivity index (χ0v) is 18.3. The maximum Gasteiger partial charge on any atom is 0.294 e. The smallest absolute Gasteiger partial charge is 0.294 e. The lowest BCUT2D eigenvalue weighted by atomic mass is 9.98. The molecule has 0 fully saturated rings. The third kappa shape index (κ3) is 3.15. The number of hydrogen-bond acceptors (Lipinski definition) is 6. The first kappa shape index (κ1) is 20.1. The standard InChI is InChI=1S/C23H22N2O4S/c1-11-6-8-16(12(2)10-11)25-19(17-9-7-13(3)29-17)18(21(27)23(25)28)20(26)22-14(4)24-15(5)30-22/h6-10,19,27H,1-5H3. The molecule has 0 radical (unpaired) electrons. The topological polar surface area (TPSA) is 83.6 Å². The van der Waals surface area contributed by atoms with Crippen LogP contribution < -0.4 is 4.90 Å². The molecule has 0 bridgehead atoms. The number of aliphatic hydroxyl groups is 1. The van der Waals surface area contributed by atoms with E-state index in [9.17, 15) is 14.7 Å². The van der Waals surface area contributed by atoms with Gasteiger partial charge in [-0.15, -0.1) is 11.3 Å². The van der Waals surface area contributed by atoms with Crippen LogP contribution in [-0.2, 0) is 4.79 Å². The van der Waals surface area contributed by atoms with E-state index in [1.165, 1.54) is 16.2 Å². The molecule has 0 saturated carbocycles. The SMILES string of the molecule is Cc1ccc(N2C(=O)C(O)=C(C(=O)c3sc(C)nc3C)C2c2ccc(C)o2)c(C)c1. The van der Waals surface area contributed by atoms with E-state index in [-0.39, 0.29) is 5.57 Å². The molecule has 154 valence electrons. The number of aryl methyl sites for hydroxylation is 5. The van der Waals surface area contributed by atoms with Gasteiger partial charge in [0.15, 0.2) is 5.76 Å². The first-order valence-corrected chi connectivity index (χ1v) is 10.4. The second-order valence-electron chi connectivity index (χ2n) is 7.55. The van der Waals surface area contributed by atoms with Crippen molar-refractivity contribution >= 4 is 28.7 Å². The van der Waals surface area contributed by atoms with E-state index in [1.807, 2.05) is 39.0 Å². The van der Waals surface area contributed by atoms with Gasteiger partial charge < -0.3 is 9.52 Å². The van der Waals surface area contributed by atoms with Gasteiger partial charge in [-0.2, -0.15) is 0 Å². The van der Waals surface area contributed by atoms with Crippen LogP contribution >= 0.6 is 11.3 Å². The van der Waals surface area contributed by atoms with Crippen molar-refractivity contribution in [3.05, 3.63) is 79.9 Å². The Morgan fingerprint density at radius 2 is 1.87 bits per heavy atom. The molecule has 0 aliphatic carbocycles. The molecule has 7 heteroatoms. The van der Waals surface area contributed by atoms with Crippen LogP contribution in [0.5, 0.6) is 0 Å². The first-order chi connectivity index (χ1) is 14.2. The van der Waals surface area contributed by atoms with E-state index in [4.69, 9.17) is 4.42 Å². The molecular weight excluding hydrogens is 400 g/mol. The van der Waals surface area contributed by atoms with Crippen LogP contribution in [0.1, 0.15) is 49.1 Å². The van der Waals surface area contributed by atoms with Gasteiger partial charge in [0, 0.05) is 5.69 Å². The van der Waals surface area contributed by atoms with Crippen molar-refractivity contribution in [3.8, 4) is 0 Å². The first-order valence-electron chi connectivity index (χ1n) is 9.58. The molecule has 0 saturated heterocycles. The van der Waals surface area contributed by atoms with Crippen molar-refractivity contribution in [1.82, 2.24) is 4.98 Å². The molecule has 4 rings (SSSR count). The molecule has 0 spiro atoms. The van der Waals surface area contributed by atoms with Gasteiger partial charge in [-0.25, -0.2) is 4.98 Å². The van der Waals surface area contributed by atoms with Crippen molar-refractivity contribution in [2.45, 2.75) is 40.7 Å². The molecule has 1 amide bonds. The summed E-state index contributed by atoms with van der Waals surface area (Å²) in [5.41, 5.74) is 3.13. The molecule has 1 aliphatic rings. The highest BCUT2D eigenvalue weighted by atomic mass is 32.1. The minimum absolute atomic E-state index is 0.0149. The van der Waals surface area contributed by atoms with Gasteiger partial charge >= 0.3 is 0 Å². The zero-order valence-electron chi connectivity index (χ0n) is 17.4. The number of Topliss-reactive ketones (excluding diaryl/α,β-unsaturated/α-hetero) is 1. The molecule has 6 nitrogen and oxygen atoms in total. The van der Waals surface area contributed by atoms with E-state index in [0.717, 1.165) is 16.1 Å². The number of aliphatic hydroxyl groups excluding tert-OH is 1. The summed E-state index contributed by atoms with van der Waals surface area (Å²) in [6.07, 6.45) is 0. The summed E-state index contributed by atoms with van der Waals surface area (Å²) in [5, 5.41) is 11.6. The minimum Gasteiger partial charge on any atom is -0.503 e. The minimum atomic E-state index is -0.859. The summed E-state index contributed by atoms with van der Waals surface area (Å²) in [6, 6.07) is 8.34. The number of ketones is 1. The number of furan rings is 1. The van der Waals surface area contributed by atoms with Crippen LogP contribution in [0.2, 0.25) is 0 Å². The fourth-order valence-electron chi connectivity index (χ4n) is 3.90. The molecule has 1 aliphatic heterocycles. The third-order valence-electron chi connectivity index (χ3n) is 5.20. The number of carbonyl (C=O) groups excluding carboxylic acids is 2. The molecule has 30 heavy (non-hydrogen) atoms. The maximum atomic E-state index is 13.5. The molecule has 3 aromatic rings. The molecule has 1 atom stereocenters. The summed E-state index contributed by atoms with van der Waals surface area (Å²) in [6.45, 7) is 9.23. The lowest BCUT2D eigenvalue weighted by molar-refractivity contribution is -0.117. The normalized spacial score (nSPS) is 16.6. The molecule has 1 aromatic carbocycles. The fraction of sp³-hybridized carbons (Fsp3) is 0.261. The maximum absolute atomic E-state index is 13.5. The molecule has 1 N–H and O–H groups in total. The van der Waals surface area contributed by atoms with Crippen molar-refractivity contribution in [1.29, 1.82) is 0 Å². The van der Waals surface area contributed by atoms with Crippen molar-refractivity contribution in [3.63, 3.8) is 0 Å². The van der Waals surface area contributed by atoms with Crippen molar-refractivity contribution in [2.24, 2.45) is 0 Å². The van der Waals surface area contributed by atoms with E-state index in [0.29, 0.717) is 27.8 Å². The Morgan fingerprint density at radius 3 is 2.43 bits per heavy atom. The van der Waals surface area contributed by atoms with E-state index >= 15 is 0 Å². The van der Waals surface area contributed by atoms with Crippen LogP contribution in [0, 0.1) is 34.6 Å². The highest BCUT2D eigenvalue weighted by Crippen LogP contribution is 2.44. The predicted molar refractivity (Wildman–Crippen MR) is 115 cm³/mol. The Kier molecular flexibility index (Phi) is 4.86. The number of benzene rings is 1. The second kappa shape index (κ2) is 7.25. The summed E-state index contributed by atoms with van der Waals surface area (Å²) in [7, 11) is 0. The average Bonchev–Trinajstić information content (AvgIpc) is 3.32. The second-order valence-corrected chi connectivity index (χ2v) is 8.76. The van der Waals surface area contributed by atoms with Gasteiger partial charge in [0.1, 0.15) is 17.6 Å². The van der Waals surface area contributed by atoms with E-state index in [2.05, 4.69) is 4.98 Å².